The summed E-state index contributed by atoms with van der Waals surface area (Å²) in [7, 11) is 0. The molecule has 19 heavy (non-hydrogen) atoms. The topological polar surface area (TPSA) is 12.0 Å². The Kier molecular flexibility index (Phi) is 5.03. The zero-order valence-corrected chi connectivity index (χ0v) is 13.4. The van der Waals surface area contributed by atoms with Crippen LogP contribution in [0, 0.1) is 0 Å². The van der Waals surface area contributed by atoms with E-state index in [1.54, 1.807) is 0 Å². The monoisotopic (exact) mass is 337 g/mol. The van der Waals surface area contributed by atoms with Gasteiger partial charge in [0.2, 0.25) is 0 Å². The molecule has 1 N–H and O–H groups in total. The van der Waals surface area contributed by atoms with E-state index < -0.39 is 0 Å². The molecule has 0 aliphatic rings. The van der Waals surface area contributed by atoms with Crippen LogP contribution in [-0.2, 0) is 0 Å². The van der Waals surface area contributed by atoms with Crippen LogP contribution in [-0.4, -0.2) is 0 Å². The number of hydrogen-bond acceptors (Lipinski definition) is 1. The Morgan fingerprint density at radius 1 is 0.895 bits per heavy atom. The summed E-state index contributed by atoms with van der Waals surface area (Å²) in [5.74, 6) is 0. The SMILES string of the molecule is CC(N[C@@H](C)c1ccccc1Cl)c1ccccc1Br. The molecule has 0 bridgehead atoms. The number of hydrogen-bond donors (Lipinski definition) is 1. The molecule has 0 radical (unpaired) electrons. The minimum atomic E-state index is 0.204. The molecular weight excluding hydrogens is 322 g/mol. The maximum Gasteiger partial charge on any atom is 0.0453 e. The van der Waals surface area contributed by atoms with Crippen molar-refractivity contribution in [2.24, 2.45) is 0 Å². The Balaban J connectivity index is 2.13. The van der Waals surface area contributed by atoms with Gasteiger partial charge in [-0.25, -0.2) is 0 Å². The van der Waals surface area contributed by atoms with Crippen LogP contribution < -0.4 is 5.32 Å². The fourth-order valence-corrected chi connectivity index (χ4v) is 3.13. The Morgan fingerprint density at radius 3 is 2.05 bits per heavy atom. The first-order chi connectivity index (χ1) is 9.09. The third kappa shape index (κ3) is 3.59. The Labute approximate surface area is 128 Å². The van der Waals surface area contributed by atoms with Crippen LogP contribution >= 0.6 is 27.5 Å². The van der Waals surface area contributed by atoms with Gasteiger partial charge in [0, 0.05) is 21.6 Å². The van der Waals surface area contributed by atoms with Crippen LogP contribution in [0.15, 0.2) is 53.0 Å². The van der Waals surface area contributed by atoms with E-state index in [1.165, 1.54) is 5.56 Å². The van der Waals surface area contributed by atoms with E-state index in [1.807, 2.05) is 24.3 Å². The van der Waals surface area contributed by atoms with Crippen molar-refractivity contribution in [2.75, 3.05) is 0 Å². The fraction of sp³-hybridized carbons (Fsp3) is 0.250. The molecule has 2 atom stereocenters. The van der Waals surface area contributed by atoms with Crippen LogP contribution in [0.1, 0.15) is 37.1 Å². The lowest BCUT2D eigenvalue weighted by atomic mass is 10.0. The molecule has 0 saturated carbocycles. The summed E-state index contributed by atoms with van der Waals surface area (Å²) in [4.78, 5) is 0. The average molecular weight is 339 g/mol. The molecule has 0 spiro atoms. The third-order valence-electron chi connectivity index (χ3n) is 3.24. The Morgan fingerprint density at radius 2 is 1.42 bits per heavy atom. The van der Waals surface area contributed by atoms with Crippen LogP contribution in [0.5, 0.6) is 0 Å². The predicted octanol–water partition coefficient (Wildman–Crippen LogP) is 5.51. The minimum absolute atomic E-state index is 0.204. The first-order valence-corrected chi connectivity index (χ1v) is 7.51. The maximum absolute atomic E-state index is 6.23. The molecule has 0 amide bonds. The van der Waals surface area contributed by atoms with Crippen molar-refractivity contribution in [3.63, 3.8) is 0 Å². The van der Waals surface area contributed by atoms with Gasteiger partial charge in [-0.05, 0) is 37.1 Å². The molecule has 1 nitrogen and oxygen atoms in total. The van der Waals surface area contributed by atoms with Gasteiger partial charge in [0.05, 0.1) is 0 Å². The number of rotatable bonds is 4. The van der Waals surface area contributed by atoms with Gasteiger partial charge >= 0.3 is 0 Å². The summed E-state index contributed by atoms with van der Waals surface area (Å²) in [6.07, 6.45) is 0. The van der Waals surface area contributed by atoms with Gasteiger partial charge < -0.3 is 5.32 Å². The highest BCUT2D eigenvalue weighted by Crippen LogP contribution is 2.27. The van der Waals surface area contributed by atoms with Gasteiger partial charge in [-0.1, -0.05) is 63.9 Å². The van der Waals surface area contributed by atoms with Crippen LogP contribution in [0.3, 0.4) is 0 Å². The molecule has 0 saturated heterocycles. The van der Waals surface area contributed by atoms with E-state index in [0.717, 1.165) is 15.1 Å². The summed E-state index contributed by atoms with van der Waals surface area (Å²) in [6, 6.07) is 16.7. The van der Waals surface area contributed by atoms with Crippen molar-refractivity contribution in [3.8, 4) is 0 Å². The Hall–Kier alpha value is -0.830. The average Bonchev–Trinajstić information content (AvgIpc) is 2.39. The summed E-state index contributed by atoms with van der Waals surface area (Å²) >= 11 is 9.82. The summed E-state index contributed by atoms with van der Waals surface area (Å²) in [5, 5.41) is 4.39. The normalized spacial score (nSPS) is 14.1. The van der Waals surface area contributed by atoms with Gasteiger partial charge in [0.15, 0.2) is 0 Å². The molecule has 3 heteroatoms. The second-order valence-corrected chi connectivity index (χ2v) is 5.91. The molecule has 1 unspecified atom stereocenters. The molecule has 0 fully saturated rings. The maximum atomic E-state index is 6.23. The molecule has 0 heterocycles. The van der Waals surface area contributed by atoms with Gasteiger partial charge in [0.1, 0.15) is 0 Å². The first-order valence-electron chi connectivity index (χ1n) is 6.34. The van der Waals surface area contributed by atoms with Crippen molar-refractivity contribution in [2.45, 2.75) is 25.9 Å². The smallest absolute Gasteiger partial charge is 0.0453 e. The first kappa shape index (κ1) is 14.6. The van der Waals surface area contributed by atoms with E-state index in [-0.39, 0.29) is 12.1 Å². The molecule has 2 rings (SSSR count). The second kappa shape index (κ2) is 6.56. The zero-order valence-electron chi connectivity index (χ0n) is 11.0. The van der Waals surface area contributed by atoms with Gasteiger partial charge in [-0.3, -0.25) is 0 Å². The molecule has 2 aromatic carbocycles. The van der Waals surface area contributed by atoms with Gasteiger partial charge in [0.25, 0.3) is 0 Å². The highest BCUT2D eigenvalue weighted by atomic mass is 79.9. The molecule has 100 valence electrons. The van der Waals surface area contributed by atoms with Crippen molar-refractivity contribution >= 4 is 27.5 Å². The number of halogens is 2. The lowest BCUT2D eigenvalue weighted by Gasteiger charge is -2.22. The van der Waals surface area contributed by atoms with Crippen molar-refractivity contribution < 1.29 is 0 Å². The standard InChI is InChI=1S/C16H17BrClN/c1-11(13-7-3-5-9-15(13)17)19-12(2)14-8-4-6-10-16(14)18/h3-12,19H,1-2H3/t11?,12-/m0/s1. The van der Waals surface area contributed by atoms with Gasteiger partial charge in [-0.15, -0.1) is 0 Å². The zero-order chi connectivity index (χ0) is 13.8. The van der Waals surface area contributed by atoms with Crippen LogP contribution in [0.2, 0.25) is 5.02 Å². The molecule has 2 aromatic rings. The quantitative estimate of drug-likeness (QED) is 0.774. The second-order valence-electron chi connectivity index (χ2n) is 4.65. The molecule has 0 aliphatic heterocycles. The van der Waals surface area contributed by atoms with Crippen molar-refractivity contribution in [3.05, 3.63) is 69.2 Å². The highest BCUT2D eigenvalue weighted by molar-refractivity contribution is 9.10. The van der Waals surface area contributed by atoms with Crippen LogP contribution in [0.4, 0.5) is 0 Å². The summed E-state index contributed by atoms with van der Waals surface area (Å²) < 4.78 is 1.13. The predicted molar refractivity (Wildman–Crippen MR) is 85.6 cm³/mol. The van der Waals surface area contributed by atoms with Crippen molar-refractivity contribution in [1.29, 1.82) is 0 Å². The van der Waals surface area contributed by atoms with Crippen LogP contribution in [0.25, 0.3) is 0 Å². The number of benzene rings is 2. The number of nitrogens with one attached hydrogen (secondary N) is 1. The lowest BCUT2D eigenvalue weighted by molar-refractivity contribution is 0.493. The fourth-order valence-electron chi connectivity index (χ4n) is 2.21. The highest BCUT2D eigenvalue weighted by Gasteiger charge is 2.14. The molecular formula is C16H17BrClN. The third-order valence-corrected chi connectivity index (χ3v) is 4.31. The molecule has 0 aromatic heterocycles. The summed E-state index contributed by atoms with van der Waals surface area (Å²) in [6.45, 7) is 4.29. The van der Waals surface area contributed by atoms with E-state index in [2.05, 4.69) is 59.4 Å². The van der Waals surface area contributed by atoms with Gasteiger partial charge in [-0.2, -0.15) is 0 Å². The van der Waals surface area contributed by atoms with E-state index in [9.17, 15) is 0 Å². The van der Waals surface area contributed by atoms with E-state index in [0.29, 0.717) is 0 Å². The largest absolute Gasteiger partial charge is 0.304 e. The minimum Gasteiger partial charge on any atom is -0.304 e. The van der Waals surface area contributed by atoms with Crippen molar-refractivity contribution in [1.82, 2.24) is 5.32 Å². The molecule has 0 aliphatic carbocycles. The Bertz CT molecular complexity index is 506. The van der Waals surface area contributed by atoms with E-state index in [4.69, 9.17) is 11.6 Å². The lowest BCUT2D eigenvalue weighted by Crippen LogP contribution is -2.23. The van der Waals surface area contributed by atoms with E-state index >= 15 is 0 Å². The summed E-state index contributed by atoms with van der Waals surface area (Å²) in [5.41, 5.74) is 2.38.